The van der Waals surface area contributed by atoms with Crippen molar-refractivity contribution in [2.75, 3.05) is 19.7 Å². The number of hydrogen-bond acceptors (Lipinski definition) is 3. The van der Waals surface area contributed by atoms with Crippen LogP contribution in [0.25, 0.3) is 0 Å². The number of fused-ring (bicyclic) bond motifs is 4. The van der Waals surface area contributed by atoms with E-state index in [1.54, 1.807) is 6.07 Å². The van der Waals surface area contributed by atoms with Crippen molar-refractivity contribution < 1.29 is 9.84 Å². The molecule has 0 amide bonds. The fourth-order valence-electron chi connectivity index (χ4n) is 4.50. The smallest absolute Gasteiger partial charge is 0.115 e. The Bertz CT molecular complexity index is 529. The average molecular weight is 259 g/mol. The van der Waals surface area contributed by atoms with Gasteiger partial charge in [0.2, 0.25) is 0 Å². The molecule has 2 saturated heterocycles. The van der Waals surface area contributed by atoms with Crippen molar-refractivity contribution in [3.8, 4) is 5.75 Å². The molecule has 1 aliphatic carbocycles. The molecule has 0 spiro atoms. The first-order valence-corrected chi connectivity index (χ1v) is 7.30. The van der Waals surface area contributed by atoms with Gasteiger partial charge in [0.05, 0.1) is 12.7 Å². The van der Waals surface area contributed by atoms with Crippen LogP contribution in [0.5, 0.6) is 5.75 Å². The van der Waals surface area contributed by atoms with Crippen molar-refractivity contribution in [2.45, 2.75) is 37.8 Å². The van der Waals surface area contributed by atoms with Gasteiger partial charge < -0.3 is 9.84 Å². The topological polar surface area (TPSA) is 32.7 Å². The van der Waals surface area contributed by atoms with Gasteiger partial charge in [-0.05, 0) is 47.6 Å². The van der Waals surface area contributed by atoms with Crippen molar-refractivity contribution in [1.29, 1.82) is 0 Å². The molecule has 4 atom stereocenters. The van der Waals surface area contributed by atoms with Gasteiger partial charge in [0.15, 0.2) is 0 Å². The summed E-state index contributed by atoms with van der Waals surface area (Å²) in [6.07, 6.45) is 1.36. The van der Waals surface area contributed by atoms with Crippen LogP contribution in [-0.4, -0.2) is 35.7 Å². The molecule has 2 heterocycles. The highest BCUT2D eigenvalue weighted by atomic mass is 16.5. The molecular formula is C16H21NO2. The lowest BCUT2D eigenvalue weighted by Gasteiger charge is -2.59. The SMILES string of the molecule is C[C@H]1[C@H]2[C@H]3OCCN2CC[C@]1(C)c1cc(O)ccc13. The number of phenolic OH excluding ortho intramolecular Hbond substituents is 1. The Hall–Kier alpha value is -1.06. The Kier molecular flexibility index (Phi) is 2.31. The quantitative estimate of drug-likeness (QED) is 0.777. The van der Waals surface area contributed by atoms with Crippen LogP contribution in [0.1, 0.15) is 37.5 Å². The van der Waals surface area contributed by atoms with Gasteiger partial charge in [0.1, 0.15) is 5.75 Å². The maximum atomic E-state index is 9.86. The van der Waals surface area contributed by atoms with Gasteiger partial charge in [-0.15, -0.1) is 0 Å². The molecule has 19 heavy (non-hydrogen) atoms. The zero-order valence-electron chi connectivity index (χ0n) is 11.6. The summed E-state index contributed by atoms with van der Waals surface area (Å²) in [6, 6.07) is 6.34. The first kappa shape index (κ1) is 11.7. The monoisotopic (exact) mass is 259 g/mol. The third kappa shape index (κ3) is 1.40. The number of hydrogen-bond donors (Lipinski definition) is 1. The summed E-state index contributed by atoms with van der Waals surface area (Å²) in [5.41, 5.74) is 2.78. The summed E-state index contributed by atoms with van der Waals surface area (Å²) in [6.45, 7) is 7.75. The van der Waals surface area contributed by atoms with Crippen LogP contribution in [0.4, 0.5) is 0 Å². The molecule has 4 rings (SSSR count). The fourth-order valence-corrected chi connectivity index (χ4v) is 4.50. The second kappa shape index (κ2) is 3.74. The van der Waals surface area contributed by atoms with Gasteiger partial charge in [-0.1, -0.05) is 19.9 Å². The minimum atomic E-state index is 0.173. The summed E-state index contributed by atoms with van der Waals surface area (Å²) < 4.78 is 6.09. The van der Waals surface area contributed by atoms with Gasteiger partial charge >= 0.3 is 0 Å². The molecule has 1 aromatic rings. The Morgan fingerprint density at radius 3 is 3.05 bits per heavy atom. The second-order valence-electron chi connectivity index (χ2n) is 6.55. The van der Waals surface area contributed by atoms with Crippen LogP contribution in [0.2, 0.25) is 0 Å². The van der Waals surface area contributed by atoms with E-state index >= 15 is 0 Å². The van der Waals surface area contributed by atoms with E-state index in [2.05, 4.69) is 24.8 Å². The van der Waals surface area contributed by atoms with E-state index < -0.39 is 0 Å². The Labute approximate surface area is 114 Å². The van der Waals surface area contributed by atoms with E-state index in [4.69, 9.17) is 4.74 Å². The standard InChI is InChI=1S/C16H21NO2/c1-10-14-15-12-4-3-11(18)9-13(12)16(10,2)5-6-17(14)7-8-19-15/h3-4,9-10,14-15,18H,5-8H2,1-2H3/t10-,14-,15-,16-/m0/s1. The molecule has 2 bridgehead atoms. The van der Waals surface area contributed by atoms with Crippen LogP contribution in [-0.2, 0) is 10.2 Å². The molecule has 0 aromatic heterocycles. The lowest BCUT2D eigenvalue weighted by molar-refractivity contribution is -0.131. The molecule has 0 saturated carbocycles. The maximum Gasteiger partial charge on any atom is 0.115 e. The molecule has 1 N–H and O–H groups in total. The van der Waals surface area contributed by atoms with Crippen molar-refractivity contribution in [1.82, 2.24) is 4.90 Å². The Balaban J connectivity index is 1.95. The molecule has 1 aromatic carbocycles. The van der Waals surface area contributed by atoms with Crippen LogP contribution in [0.15, 0.2) is 18.2 Å². The van der Waals surface area contributed by atoms with Crippen LogP contribution in [0.3, 0.4) is 0 Å². The minimum Gasteiger partial charge on any atom is -0.508 e. The van der Waals surface area contributed by atoms with Gasteiger partial charge in [0, 0.05) is 12.6 Å². The van der Waals surface area contributed by atoms with Crippen molar-refractivity contribution in [2.24, 2.45) is 5.92 Å². The van der Waals surface area contributed by atoms with Gasteiger partial charge in [-0.25, -0.2) is 0 Å². The van der Waals surface area contributed by atoms with E-state index in [-0.39, 0.29) is 11.5 Å². The molecule has 0 radical (unpaired) electrons. The third-order valence-electron chi connectivity index (χ3n) is 5.80. The molecule has 3 heteroatoms. The molecule has 0 unspecified atom stereocenters. The fraction of sp³-hybridized carbons (Fsp3) is 0.625. The third-order valence-corrected chi connectivity index (χ3v) is 5.80. The van der Waals surface area contributed by atoms with E-state index in [1.807, 2.05) is 6.07 Å². The number of ether oxygens (including phenoxy) is 1. The summed E-state index contributed by atoms with van der Waals surface area (Å²) in [5.74, 6) is 0.949. The lowest BCUT2D eigenvalue weighted by atomic mass is 9.58. The molecule has 2 aliphatic heterocycles. The first-order valence-electron chi connectivity index (χ1n) is 7.30. The molecular weight excluding hydrogens is 238 g/mol. The number of benzene rings is 1. The summed E-state index contributed by atoms with van der Waals surface area (Å²) in [5, 5.41) is 9.86. The van der Waals surface area contributed by atoms with Crippen molar-refractivity contribution in [3.05, 3.63) is 29.3 Å². The number of rotatable bonds is 0. The van der Waals surface area contributed by atoms with Gasteiger partial charge in [-0.3, -0.25) is 4.90 Å². The minimum absolute atomic E-state index is 0.173. The summed E-state index contributed by atoms with van der Waals surface area (Å²) >= 11 is 0. The van der Waals surface area contributed by atoms with E-state index in [1.165, 1.54) is 17.5 Å². The van der Waals surface area contributed by atoms with E-state index in [0.717, 1.165) is 19.7 Å². The Morgan fingerprint density at radius 2 is 2.21 bits per heavy atom. The summed E-state index contributed by atoms with van der Waals surface area (Å²) in [7, 11) is 0. The highest BCUT2D eigenvalue weighted by Crippen LogP contribution is 2.54. The first-order chi connectivity index (χ1) is 9.11. The molecule has 102 valence electrons. The van der Waals surface area contributed by atoms with Gasteiger partial charge in [-0.2, -0.15) is 0 Å². The normalized spacial score (nSPS) is 40.8. The lowest BCUT2D eigenvalue weighted by Crippen LogP contribution is -2.62. The predicted octanol–water partition coefficient (Wildman–Crippen LogP) is 2.45. The number of morpholine rings is 1. The maximum absolute atomic E-state index is 9.86. The van der Waals surface area contributed by atoms with Crippen LogP contribution < -0.4 is 0 Å². The van der Waals surface area contributed by atoms with Gasteiger partial charge in [0.25, 0.3) is 0 Å². The predicted molar refractivity (Wildman–Crippen MR) is 73.3 cm³/mol. The molecule has 2 fully saturated rings. The Morgan fingerprint density at radius 1 is 1.37 bits per heavy atom. The molecule has 3 aliphatic rings. The van der Waals surface area contributed by atoms with Crippen LogP contribution >= 0.6 is 0 Å². The second-order valence-corrected chi connectivity index (χ2v) is 6.55. The highest BCUT2D eigenvalue weighted by Gasteiger charge is 2.54. The highest BCUT2D eigenvalue weighted by molar-refractivity contribution is 5.46. The van der Waals surface area contributed by atoms with E-state index in [0.29, 0.717) is 17.7 Å². The largest absolute Gasteiger partial charge is 0.508 e. The zero-order chi connectivity index (χ0) is 13.2. The van der Waals surface area contributed by atoms with E-state index in [9.17, 15) is 5.11 Å². The van der Waals surface area contributed by atoms with Crippen molar-refractivity contribution >= 4 is 0 Å². The number of aromatic hydroxyl groups is 1. The summed E-state index contributed by atoms with van der Waals surface area (Å²) in [4.78, 5) is 2.61. The van der Waals surface area contributed by atoms with Crippen LogP contribution in [0, 0.1) is 5.92 Å². The number of piperidine rings is 1. The average Bonchev–Trinajstić information content (AvgIpc) is 2.42. The zero-order valence-corrected chi connectivity index (χ0v) is 11.6. The number of nitrogens with zero attached hydrogens (tertiary/aromatic N) is 1. The van der Waals surface area contributed by atoms with Crippen molar-refractivity contribution in [3.63, 3.8) is 0 Å². The molecule has 3 nitrogen and oxygen atoms in total. The number of phenols is 1.